The largest absolute Gasteiger partial charge is 0.473 e. The maximum Gasteiger partial charge on any atom is 0.255 e. The second-order valence-electron chi connectivity index (χ2n) is 7.19. The molecule has 0 unspecified atom stereocenters. The lowest BCUT2D eigenvalue weighted by molar-refractivity contribution is 0.0769. The summed E-state index contributed by atoms with van der Waals surface area (Å²) in [7, 11) is -3.06. The first-order valence-corrected chi connectivity index (χ1v) is 11.4. The third kappa shape index (κ3) is 4.74. The van der Waals surface area contributed by atoms with Gasteiger partial charge in [-0.2, -0.15) is 0 Å². The van der Waals surface area contributed by atoms with Crippen molar-refractivity contribution in [1.29, 1.82) is 0 Å². The fraction of sp³-hybridized carbons (Fsp3) is 0.286. The van der Waals surface area contributed by atoms with Crippen LogP contribution in [0.2, 0.25) is 0 Å². The van der Waals surface area contributed by atoms with Gasteiger partial charge in [-0.1, -0.05) is 17.3 Å². The fourth-order valence-electron chi connectivity index (χ4n) is 3.26. The molecule has 0 bridgehead atoms. The van der Waals surface area contributed by atoms with Crippen molar-refractivity contribution in [2.24, 2.45) is 0 Å². The summed E-state index contributed by atoms with van der Waals surface area (Å²) in [5.74, 6) is 0.142. The predicted molar refractivity (Wildman–Crippen MR) is 110 cm³/mol. The Morgan fingerprint density at radius 3 is 2.68 bits per heavy atom. The average molecular weight is 445 g/mol. The van der Waals surface area contributed by atoms with Crippen LogP contribution in [0.3, 0.4) is 0 Å². The number of ether oxygens (including phenoxy) is 1. The molecule has 162 valence electrons. The minimum Gasteiger partial charge on any atom is -0.473 e. The first-order chi connectivity index (χ1) is 14.8. The smallest absolute Gasteiger partial charge is 0.255 e. The molecule has 31 heavy (non-hydrogen) atoms. The number of aromatic nitrogens is 2. The van der Waals surface area contributed by atoms with E-state index in [-0.39, 0.29) is 42.9 Å². The molecule has 1 aliphatic rings. The highest BCUT2D eigenvalue weighted by Crippen LogP contribution is 2.27. The van der Waals surface area contributed by atoms with E-state index in [9.17, 15) is 17.6 Å². The van der Waals surface area contributed by atoms with Crippen LogP contribution in [-0.4, -0.2) is 54.0 Å². The zero-order valence-electron chi connectivity index (χ0n) is 16.7. The fourth-order valence-corrected chi connectivity index (χ4v) is 4.46. The van der Waals surface area contributed by atoms with Crippen LogP contribution in [-0.2, 0) is 16.4 Å². The van der Waals surface area contributed by atoms with Crippen LogP contribution in [0.15, 0.2) is 47.1 Å². The zero-order chi connectivity index (χ0) is 22.0. The number of aryl methyl sites for hydroxylation is 1. The van der Waals surface area contributed by atoms with Gasteiger partial charge in [-0.3, -0.25) is 4.79 Å². The quantitative estimate of drug-likeness (QED) is 0.595. The summed E-state index contributed by atoms with van der Waals surface area (Å²) in [4.78, 5) is 18.2. The maximum absolute atomic E-state index is 13.6. The maximum atomic E-state index is 13.6. The number of pyridine rings is 1. The molecule has 1 aromatic carbocycles. The van der Waals surface area contributed by atoms with Gasteiger partial charge in [0.05, 0.1) is 22.6 Å². The standard InChI is InChI=1S/C21H20FN3O5S/c1-14-18(20(24-30-14)15-3-2-4-17(22)11-15)13-29-19-6-5-16(12-23-19)21(26)25-7-9-31(27,28)10-8-25/h2-6,11-12H,7-10,13H2,1H3. The molecule has 0 aliphatic carbocycles. The lowest BCUT2D eigenvalue weighted by atomic mass is 10.1. The summed E-state index contributed by atoms with van der Waals surface area (Å²) >= 11 is 0. The number of rotatable bonds is 5. The molecule has 1 aliphatic heterocycles. The van der Waals surface area contributed by atoms with Gasteiger partial charge in [-0.15, -0.1) is 0 Å². The minimum atomic E-state index is -3.06. The van der Waals surface area contributed by atoms with Crippen LogP contribution in [0.4, 0.5) is 4.39 Å². The van der Waals surface area contributed by atoms with Crippen molar-refractivity contribution in [3.05, 3.63) is 65.3 Å². The highest BCUT2D eigenvalue weighted by atomic mass is 32.2. The van der Waals surface area contributed by atoms with Crippen LogP contribution in [0, 0.1) is 12.7 Å². The number of hydrogen-bond acceptors (Lipinski definition) is 7. The molecule has 1 fully saturated rings. The van der Waals surface area contributed by atoms with Gasteiger partial charge >= 0.3 is 0 Å². The lowest BCUT2D eigenvalue weighted by Crippen LogP contribution is -2.43. The molecule has 10 heteroatoms. The lowest BCUT2D eigenvalue weighted by Gasteiger charge is -2.26. The van der Waals surface area contributed by atoms with Crippen LogP contribution in [0.5, 0.6) is 5.88 Å². The normalized spacial score (nSPS) is 15.6. The molecule has 1 amide bonds. The molecular formula is C21H20FN3O5S. The van der Waals surface area contributed by atoms with Crippen LogP contribution < -0.4 is 4.74 Å². The number of carbonyl (C=O) groups excluding carboxylic acids is 1. The van der Waals surface area contributed by atoms with Crippen LogP contribution in [0.1, 0.15) is 21.7 Å². The topological polar surface area (TPSA) is 103 Å². The molecule has 0 spiro atoms. The second-order valence-corrected chi connectivity index (χ2v) is 9.50. The molecule has 3 heterocycles. The molecule has 0 radical (unpaired) electrons. The molecule has 0 atom stereocenters. The minimum absolute atomic E-state index is 0.0287. The average Bonchev–Trinajstić information content (AvgIpc) is 3.12. The number of halogens is 1. The number of amides is 1. The molecule has 2 aromatic heterocycles. The summed E-state index contributed by atoms with van der Waals surface area (Å²) in [6.45, 7) is 2.19. The van der Waals surface area contributed by atoms with E-state index in [1.54, 1.807) is 31.2 Å². The van der Waals surface area contributed by atoms with Crippen LogP contribution in [0.25, 0.3) is 11.3 Å². The Balaban J connectivity index is 1.43. The van der Waals surface area contributed by atoms with Crippen molar-refractivity contribution in [3.63, 3.8) is 0 Å². The molecular weight excluding hydrogens is 425 g/mol. The molecule has 0 saturated carbocycles. The Morgan fingerprint density at radius 1 is 1.23 bits per heavy atom. The van der Waals surface area contributed by atoms with E-state index in [0.717, 1.165) is 0 Å². The van der Waals surface area contributed by atoms with E-state index < -0.39 is 9.84 Å². The first kappa shape index (κ1) is 21.0. The zero-order valence-corrected chi connectivity index (χ0v) is 17.6. The number of sulfone groups is 1. The molecule has 3 aromatic rings. The first-order valence-electron chi connectivity index (χ1n) is 9.62. The van der Waals surface area contributed by atoms with E-state index in [4.69, 9.17) is 9.26 Å². The second kappa shape index (κ2) is 8.46. The Bertz CT molecular complexity index is 1190. The molecule has 0 N–H and O–H groups in total. The summed E-state index contributed by atoms with van der Waals surface area (Å²) in [6.07, 6.45) is 1.40. The Morgan fingerprint density at radius 2 is 2.00 bits per heavy atom. The summed E-state index contributed by atoms with van der Waals surface area (Å²) in [5.41, 5.74) is 2.09. The Labute approximate surface area is 178 Å². The summed E-state index contributed by atoms with van der Waals surface area (Å²) in [6, 6.07) is 9.19. The van der Waals surface area contributed by atoms with E-state index in [0.29, 0.717) is 34.0 Å². The molecule has 8 nitrogen and oxygen atoms in total. The predicted octanol–water partition coefficient (Wildman–Crippen LogP) is 2.63. The number of nitrogens with zero attached hydrogens (tertiary/aromatic N) is 3. The number of hydrogen-bond donors (Lipinski definition) is 0. The van der Waals surface area contributed by atoms with Crippen molar-refractivity contribution in [1.82, 2.24) is 15.0 Å². The van der Waals surface area contributed by atoms with Crippen molar-refractivity contribution < 1.29 is 26.9 Å². The van der Waals surface area contributed by atoms with Crippen molar-refractivity contribution in [2.75, 3.05) is 24.6 Å². The molecule has 4 rings (SSSR count). The van der Waals surface area contributed by atoms with Crippen molar-refractivity contribution in [3.8, 4) is 17.1 Å². The summed E-state index contributed by atoms with van der Waals surface area (Å²) in [5, 5.41) is 4.00. The van der Waals surface area contributed by atoms with Gasteiger partial charge in [-0.05, 0) is 25.1 Å². The third-order valence-electron chi connectivity index (χ3n) is 5.06. The SMILES string of the molecule is Cc1onc(-c2cccc(F)c2)c1COc1ccc(C(=O)N2CCS(=O)(=O)CC2)cn1. The van der Waals surface area contributed by atoms with Gasteiger partial charge < -0.3 is 14.2 Å². The van der Waals surface area contributed by atoms with Gasteiger partial charge in [0.15, 0.2) is 9.84 Å². The third-order valence-corrected chi connectivity index (χ3v) is 6.67. The van der Waals surface area contributed by atoms with E-state index >= 15 is 0 Å². The number of benzene rings is 1. The van der Waals surface area contributed by atoms with Crippen molar-refractivity contribution in [2.45, 2.75) is 13.5 Å². The van der Waals surface area contributed by atoms with E-state index in [2.05, 4.69) is 10.1 Å². The van der Waals surface area contributed by atoms with E-state index in [1.165, 1.54) is 23.2 Å². The highest BCUT2D eigenvalue weighted by Gasteiger charge is 2.26. The molecule has 1 saturated heterocycles. The van der Waals surface area contributed by atoms with Gasteiger partial charge in [0.2, 0.25) is 5.88 Å². The van der Waals surface area contributed by atoms with E-state index in [1.807, 2.05) is 0 Å². The van der Waals surface area contributed by atoms with Crippen molar-refractivity contribution >= 4 is 15.7 Å². The van der Waals surface area contributed by atoms with Gasteiger partial charge in [0.25, 0.3) is 5.91 Å². The highest BCUT2D eigenvalue weighted by molar-refractivity contribution is 7.91. The Kier molecular flexibility index (Phi) is 5.73. The monoisotopic (exact) mass is 445 g/mol. The summed E-state index contributed by atoms with van der Waals surface area (Å²) < 4.78 is 47.6. The van der Waals surface area contributed by atoms with Gasteiger partial charge in [-0.25, -0.2) is 17.8 Å². The number of carbonyl (C=O) groups is 1. The van der Waals surface area contributed by atoms with Crippen LogP contribution >= 0.6 is 0 Å². The van der Waals surface area contributed by atoms with Gasteiger partial charge in [0.1, 0.15) is 23.9 Å². The Hall–Kier alpha value is -3.27. The van der Waals surface area contributed by atoms with Gasteiger partial charge in [0, 0.05) is 30.9 Å².